The highest BCUT2D eigenvalue weighted by Gasteiger charge is 2.30. The van der Waals surface area contributed by atoms with E-state index in [0.717, 1.165) is 24.5 Å². The molecule has 4 rings (SSSR count). The van der Waals surface area contributed by atoms with E-state index in [-0.39, 0.29) is 12.2 Å². The van der Waals surface area contributed by atoms with Gasteiger partial charge < -0.3 is 9.26 Å². The number of nitrogens with zero attached hydrogens (tertiary/aromatic N) is 5. The number of morpholine rings is 1. The summed E-state index contributed by atoms with van der Waals surface area (Å²) in [7, 11) is 0. The maximum absolute atomic E-state index is 5.99. The van der Waals surface area contributed by atoms with Crippen molar-refractivity contribution >= 4 is 0 Å². The first-order valence-corrected chi connectivity index (χ1v) is 8.45. The van der Waals surface area contributed by atoms with Gasteiger partial charge in [0.05, 0.1) is 17.5 Å². The molecule has 25 heavy (non-hydrogen) atoms. The normalized spacial score (nSPS) is 21.5. The van der Waals surface area contributed by atoms with E-state index in [1.807, 2.05) is 36.0 Å². The summed E-state index contributed by atoms with van der Waals surface area (Å²) in [4.78, 5) is 6.66. The number of ether oxygens (including phenoxy) is 1. The third-order valence-corrected chi connectivity index (χ3v) is 4.26. The smallest absolute Gasteiger partial charge is 0.257 e. The summed E-state index contributed by atoms with van der Waals surface area (Å²) in [5.41, 5.74) is 2.20. The lowest BCUT2D eigenvalue weighted by atomic mass is 10.2. The molecule has 0 aliphatic carbocycles. The number of rotatable bonds is 4. The molecule has 2 atom stereocenters. The monoisotopic (exact) mass is 339 g/mol. The van der Waals surface area contributed by atoms with E-state index < -0.39 is 0 Å². The van der Waals surface area contributed by atoms with Crippen molar-refractivity contribution in [3.8, 4) is 5.69 Å². The Morgan fingerprint density at radius 1 is 1.16 bits per heavy atom. The van der Waals surface area contributed by atoms with Crippen LogP contribution in [-0.4, -0.2) is 44.0 Å². The van der Waals surface area contributed by atoms with Crippen molar-refractivity contribution in [1.29, 1.82) is 0 Å². The summed E-state index contributed by atoms with van der Waals surface area (Å²) in [5, 5.41) is 8.34. The Morgan fingerprint density at radius 2 is 2.00 bits per heavy atom. The van der Waals surface area contributed by atoms with E-state index >= 15 is 0 Å². The predicted molar refractivity (Wildman–Crippen MR) is 91.2 cm³/mol. The molecule has 130 valence electrons. The van der Waals surface area contributed by atoms with Crippen molar-refractivity contribution < 1.29 is 9.26 Å². The van der Waals surface area contributed by atoms with Gasteiger partial charge in [-0.05, 0) is 32.0 Å². The molecule has 0 N–H and O–H groups in total. The standard InChI is InChI=1S/C18H21N5O2/c1-13-10-22(12-17(24-13)18-20-14(2)21-25-18)11-16-8-9-19-23(16)15-6-4-3-5-7-15/h3-9,13,17H,10-12H2,1-2H3/t13-,17-/m1/s1. The highest BCUT2D eigenvalue weighted by molar-refractivity contribution is 5.32. The Bertz CT molecular complexity index is 829. The molecule has 1 aliphatic rings. The van der Waals surface area contributed by atoms with Crippen molar-refractivity contribution in [1.82, 2.24) is 24.8 Å². The summed E-state index contributed by atoms with van der Waals surface area (Å²) < 4.78 is 13.3. The van der Waals surface area contributed by atoms with Crippen molar-refractivity contribution in [2.24, 2.45) is 0 Å². The molecule has 0 amide bonds. The summed E-state index contributed by atoms with van der Waals surface area (Å²) in [6, 6.07) is 12.2. The number of hydrogen-bond donors (Lipinski definition) is 0. The molecule has 0 radical (unpaired) electrons. The number of aryl methyl sites for hydroxylation is 1. The Hall–Kier alpha value is -2.51. The molecule has 7 nitrogen and oxygen atoms in total. The molecular weight excluding hydrogens is 318 g/mol. The first-order chi connectivity index (χ1) is 12.2. The van der Waals surface area contributed by atoms with Crippen LogP contribution >= 0.6 is 0 Å². The molecule has 1 saturated heterocycles. The summed E-state index contributed by atoms with van der Waals surface area (Å²) in [5.74, 6) is 1.18. The zero-order valence-electron chi connectivity index (χ0n) is 14.4. The van der Waals surface area contributed by atoms with Gasteiger partial charge in [-0.2, -0.15) is 10.1 Å². The Labute approximate surface area is 146 Å². The van der Waals surface area contributed by atoms with Gasteiger partial charge in [0.1, 0.15) is 6.10 Å². The molecule has 7 heteroatoms. The minimum absolute atomic E-state index is 0.0963. The topological polar surface area (TPSA) is 69.2 Å². The van der Waals surface area contributed by atoms with Gasteiger partial charge in [-0.3, -0.25) is 4.90 Å². The van der Waals surface area contributed by atoms with E-state index in [0.29, 0.717) is 18.3 Å². The van der Waals surface area contributed by atoms with Gasteiger partial charge in [0.25, 0.3) is 5.89 Å². The van der Waals surface area contributed by atoms with Gasteiger partial charge >= 0.3 is 0 Å². The third kappa shape index (κ3) is 3.47. The molecule has 1 fully saturated rings. The maximum Gasteiger partial charge on any atom is 0.257 e. The lowest BCUT2D eigenvalue weighted by Crippen LogP contribution is -2.42. The Balaban J connectivity index is 1.52. The third-order valence-electron chi connectivity index (χ3n) is 4.26. The van der Waals surface area contributed by atoms with Gasteiger partial charge in [-0.15, -0.1) is 0 Å². The second-order valence-electron chi connectivity index (χ2n) is 6.38. The van der Waals surface area contributed by atoms with Crippen LogP contribution in [0.25, 0.3) is 5.69 Å². The second kappa shape index (κ2) is 6.78. The van der Waals surface area contributed by atoms with E-state index in [9.17, 15) is 0 Å². The summed E-state index contributed by atoms with van der Waals surface area (Å²) in [6.45, 7) is 6.23. The van der Waals surface area contributed by atoms with Crippen molar-refractivity contribution in [3.05, 3.63) is 60.0 Å². The van der Waals surface area contributed by atoms with E-state index in [1.165, 1.54) is 0 Å². The van der Waals surface area contributed by atoms with Crippen molar-refractivity contribution in [2.45, 2.75) is 32.6 Å². The van der Waals surface area contributed by atoms with Gasteiger partial charge in [-0.1, -0.05) is 23.4 Å². The molecule has 0 saturated carbocycles. The molecule has 3 heterocycles. The quantitative estimate of drug-likeness (QED) is 0.727. The molecule has 0 unspecified atom stereocenters. The van der Waals surface area contributed by atoms with Crippen LogP contribution in [0, 0.1) is 6.92 Å². The van der Waals surface area contributed by atoms with Crippen LogP contribution in [0.2, 0.25) is 0 Å². The number of aromatic nitrogens is 4. The van der Waals surface area contributed by atoms with E-state index in [4.69, 9.17) is 9.26 Å². The molecule has 1 aliphatic heterocycles. The van der Waals surface area contributed by atoms with Crippen LogP contribution in [0.3, 0.4) is 0 Å². The van der Waals surface area contributed by atoms with Crippen molar-refractivity contribution in [3.63, 3.8) is 0 Å². The highest BCUT2D eigenvalue weighted by atomic mass is 16.5. The van der Waals surface area contributed by atoms with Crippen LogP contribution in [0.4, 0.5) is 0 Å². The van der Waals surface area contributed by atoms with Gasteiger partial charge in [0.2, 0.25) is 0 Å². The minimum atomic E-state index is -0.196. The fourth-order valence-electron chi connectivity index (χ4n) is 3.23. The maximum atomic E-state index is 5.99. The Kier molecular flexibility index (Phi) is 4.33. The summed E-state index contributed by atoms with van der Waals surface area (Å²) in [6.07, 6.45) is 1.74. The summed E-state index contributed by atoms with van der Waals surface area (Å²) >= 11 is 0. The van der Waals surface area contributed by atoms with Crippen LogP contribution in [0.5, 0.6) is 0 Å². The van der Waals surface area contributed by atoms with Crippen LogP contribution < -0.4 is 0 Å². The second-order valence-corrected chi connectivity index (χ2v) is 6.38. The van der Waals surface area contributed by atoms with Crippen molar-refractivity contribution in [2.75, 3.05) is 13.1 Å². The van der Waals surface area contributed by atoms with Crippen LogP contribution in [0.1, 0.15) is 30.4 Å². The van der Waals surface area contributed by atoms with Gasteiger partial charge in [0, 0.05) is 25.8 Å². The van der Waals surface area contributed by atoms with Gasteiger partial charge in [-0.25, -0.2) is 4.68 Å². The lowest BCUT2D eigenvalue weighted by molar-refractivity contribution is -0.0934. The fraction of sp³-hybridized carbons (Fsp3) is 0.389. The molecule has 0 spiro atoms. The SMILES string of the molecule is Cc1noc([C@H]2CN(Cc3ccnn3-c3ccccc3)C[C@@H](C)O2)n1. The fourth-order valence-corrected chi connectivity index (χ4v) is 3.23. The van der Waals surface area contributed by atoms with E-state index in [2.05, 4.69) is 45.3 Å². The molecular formula is C18H21N5O2. The highest BCUT2D eigenvalue weighted by Crippen LogP contribution is 2.25. The number of hydrogen-bond acceptors (Lipinski definition) is 6. The number of benzene rings is 1. The minimum Gasteiger partial charge on any atom is -0.363 e. The molecule has 0 bridgehead atoms. The lowest BCUT2D eigenvalue weighted by Gasteiger charge is -2.35. The largest absolute Gasteiger partial charge is 0.363 e. The van der Waals surface area contributed by atoms with Crippen LogP contribution in [-0.2, 0) is 11.3 Å². The van der Waals surface area contributed by atoms with Crippen LogP contribution in [0.15, 0.2) is 47.1 Å². The average molecular weight is 339 g/mol. The predicted octanol–water partition coefficient (Wildman–Crippen LogP) is 2.53. The zero-order chi connectivity index (χ0) is 17.2. The number of para-hydroxylation sites is 1. The Morgan fingerprint density at radius 3 is 2.76 bits per heavy atom. The zero-order valence-corrected chi connectivity index (χ0v) is 14.4. The molecule has 1 aromatic carbocycles. The molecule has 2 aromatic heterocycles. The average Bonchev–Trinajstić information content (AvgIpc) is 3.24. The first kappa shape index (κ1) is 16.0. The van der Waals surface area contributed by atoms with E-state index in [1.54, 1.807) is 0 Å². The molecule has 3 aromatic rings. The van der Waals surface area contributed by atoms with Gasteiger partial charge in [0.15, 0.2) is 5.82 Å². The first-order valence-electron chi connectivity index (χ1n) is 8.45.